The van der Waals surface area contributed by atoms with Crippen LogP contribution in [0.2, 0.25) is 0 Å². The number of fused-ring (bicyclic) bond motifs is 1. The molecule has 0 unspecified atom stereocenters. The summed E-state index contributed by atoms with van der Waals surface area (Å²) in [7, 11) is 0. The van der Waals surface area contributed by atoms with E-state index in [0.717, 1.165) is 12.3 Å². The van der Waals surface area contributed by atoms with E-state index in [1.165, 1.54) is 43.6 Å². The number of thioether (sulfide) groups is 1. The molecular formula is C25H25NS. The Labute approximate surface area is 166 Å². The van der Waals surface area contributed by atoms with Crippen molar-refractivity contribution in [3.63, 3.8) is 0 Å². The monoisotopic (exact) mass is 371 g/mol. The van der Waals surface area contributed by atoms with Crippen LogP contribution in [0.25, 0.3) is 10.9 Å². The molecule has 0 fully saturated rings. The number of aryl methyl sites for hydroxylation is 3. The van der Waals surface area contributed by atoms with Gasteiger partial charge in [-0.1, -0.05) is 71.8 Å². The SMILES string of the molecule is Cc1cccc(CSc2cn(Cc3cc(C)ccc3C)c3ccccc23)c1. The Balaban J connectivity index is 1.65. The minimum atomic E-state index is 0.916. The van der Waals surface area contributed by atoms with Gasteiger partial charge in [-0.3, -0.25) is 0 Å². The Bertz CT molecular complexity index is 1090. The highest BCUT2D eigenvalue weighted by molar-refractivity contribution is 7.98. The maximum atomic E-state index is 2.40. The fourth-order valence-corrected chi connectivity index (χ4v) is 4.61. The molecule has 0 aliphatic heterocycles. The molecule has 0 saturated carbocycles. The van der Waals surface area contributed by atoms with Crippen molar-refractivity contribution in [2.75, 3.05) is 0 Å². The molecule has 1 aromatic heterocycles. The van der Waals surface area contributed by atoms with Gasteiger partial charge >= 0.3 is 0 Å². The van der Waals surface area contributed by atoms with Gasteiger partial charge in [0.2, 0.25) is 0 Å². The number of benzene rings is 3. The summed E-state index contributed by atoms with van der Waals surface area (Å²) in [4.78, 5) is 1.36. The van der Waals surface area contributed by atoms with Crippen LogP contribution in [0.3, 0.4) is 0 Å². The summed E-state index contributed by atoms with van der Waals surface area (Å²) in [5, 5.41) is 1.35. The second-order valence-electron chi connectivity index (χ2n) is 7.35. The van der Waals surface area contributed by atoms with Crippen molar-refractivity contribution in [3.8, 4) is 0 Å². The summed E-state index contributed by atoms with van der Waals surface area (Å²) in [6.07, 6.45) is 2.33. The van der Waals surface area contributed by atoms with Gasteiger partial charge in [0, 0.05) is 34.3 Å². The Morgan fingerprint density at radius 3 is 2.48 bits per heavy atom. The summed E-state index contributed by atoms with van der Waals surface area (Å²) in [6, 6.07) is 24.3. The van der Waals surface area contributed by atoms with Crippen molar-refractivity contribution >= 4 is 22.7 Å². The highest BCUT2D eigenvalue weighted by Gasteiger charge is 2.10. The van der Waals surface area contributed by atoms with E-state index < -0.39 is 0 Å². The predicted molar refractivity (Wildman–Crippen MR) is 118 cm³/mol. The molecule has 3 aromatic carbocycles. The summed E-state index contributed by atoms with van der Waals surface area (Å²) < 4.78 is 2.40. The van der Waals surface area contributed by atoms with Gasteiger partial charge in [-0.05, 0) is 43.5 Å². The highest BCUT2D eigenvalue weighted by Crippen LogP contribution is 2.33. The molecule has 1 nitrogen and oxygen atoms in total. The number of para-hydroxylation sites is 1. The van der Waals surface area contributed by atoms with Crippen molar-refractivity contribution in [1.29, 1.82) is 0 Å². The van der Waals surface area contributed by atoms with Crippen molar-refractivity contribution in [3.05, 3.63) is 101 Å². The van der Waals surface area contributed by atoms with Gasteiger partial charge in [0.15, 0.2) is 0 Å². The molecule has 0 aliphatic rings. The zero-order valence-corrected chi connectivity index (χ0v) is 17.0. The molecular weight excluding hydrogens is 346 g/mol. The predicted octanol–water partition coefficient (Wildman–Crippen LogP) is 6.91. The van der Waals surface area contributed by atoms with Gasteiger partial charge in [-0.2, -0.15) is 0 Å². The smallest absolute Gasteiger partial charge is 0.0495 e. The molecule has 0 bridgehead atoms. The Morgan fingerprint density at radius 2 is 1.63 bits per heavy atom. The Morgan fingerprint density at radius 1 is 0.815 bits per heavy atom. The molecule has 0 amide bonds. The maximum absolute atomic E-state index is 2.40. The number of hydrogen-bond acceptors (Lipinski definition) is 1. The van der Waals surface area contributed by atoms with Gasteiger partial charge in [0.25, 0.3) is 0 Å². The van der Waals surface area contributed by atoms with E-state index in [4.69, 9.17) is 0 Å². The quantitative estimate of drug-likeness (QED) is 0.345. The molecule has 0 aliphatic carbocycles. The third-order valence-corrected chi connectivity index (χ3v) is 6.19. The van der Waals surface area contributed by atoms with E-state index in [1.807, 2.05) is 11.8 Å². The van der Waals surface area contributed by atoms with Crippen LogP contribution >= 0.6 is 11.8 Å². The lowest BCUT2D eigenvalue weighted by Crippen LogP contribution is -2.00. The lowest BCUT2D eigenvalue weighted by molar-refractivity contribution is 0.823. The van der Waals surface area contributed by atoms with Crippen LogP contribution in [0, 0.1) is 20.8 Å². The lowest BCUT2D eigenvalue weighted by atomic mass is 10.1. The maximum Gasteiger partial charge on any atom is 0.0495 e. The third kappa shape index (κ3) is 3.96. The van der Waals surface area contributed by atoms with E-state index in [1.54, 1.807) is 0 Å². The first-order valence-electron chi connectivity index (χ1n) is 9.42. The first-order valence-corrected chi connectivity index (χ1v) is 10.4. The van der Waals surface area contributed by atoms with E-state index in [0.29, 0.717) is 0 Å². The van der Waals surface area contributed by atoms with E-state index in [2.05, 4.69) is 98.3 Å². The molecule has 1 heterocycles. The lowest BCUT2D eigenvalue weighted by Gasteiger charge is -2.09. The molecule has 4 aromatic rings. The summed E-state index contributed by atoms with van der Waals surface area (Å²) in [5.41, 5.74) is 8.08. The van der Waals surface area contributed by atoms with E-state index >= 15 is 0 Å². The second-order valence-corrected chi connectivity index (χ2v) is 8.36. The van der Waals surface area contributed by atoms with Crippen LogP contribution in [0.15, 0.2) is 77.8 Å². The van der Waals surface area contributed by atoms with Crippen molar-refractivity contribution in [1.82, 2.24) is 4.57 Å². The molecule has 2 heteroatoms. The molecule has 27 heavy (non-hydrogen) atoms. The summed E-state index contributed by atoms with van der Waals surface area (Å²) in [6.45, 7) is 7.44. The highest BCUT2D eigenvalue weighted by atomic mass is 32.2. The molecule has 136 valence electrons. The topological polar surface area (TPSA) is 4.93 Å². The third-order valence-electron chi connectivity index (χ3n) is 5.07. The zero-order chi connectivity index (χ0) is 18.8. The first kappa shape index (κ1) is 17.9. The molecule has 0 spiro atoms. The number of aromatic nitrogens is 1. The Kier molecular flexibility index (Phi) is 5.09. The average Bonchev–Trinajstić information content (AvgIpc) is 3.01. The van der Waals surface area contributed by atoms with Crippen LogP contribution in [-0.4, -0.2) is 4.57 Å². The van der Waals surface area contributed by atoms with Crippen LogP contribution < -0.4 is 0 Å². The largest absolute Gasteiger partial charge is 0.342 e. The fraction of sp³-hybridized carbons (Fsp3) is 0.200. The molecule has 0 radical (unpaired) electrons. The van der Waals surface area contributed by atoms with Crippen molar-refractivity contribution in [2.24, 2.45) is 0 Å². The van der Waals surface area contributed by atoms with Crippen LogP contribution in [0.1, 0.15) is 27.8 Å². The molecule has 4 rings (SSSR count). The Hall–Kier alpha value is -2.45. The second kappa shape index (κ2) is 7.66. The minimum Gasteiger partial charge on any atom is -0.342 e. The van der Waals surface area contributed by atoms with Crippen LogP contribution in [0.5, 0.6) is 0 Å². The van der Waals surface area contributed by atoms with Gasteiger partial charge in [0.1, 0.15) is 0 Å². The molecule has 0 saturated heterocycles. The summed E-state index contributed by atoms with van der Waals surface area (Å²) in [5.74, 6) is 0.999. The van der Waals surface area contributed by atoms with Crippen molar-refractivity contribution < 1.29 is 0 Å². The van der Waals surface area contributed by atoms with Crippen LogP contribution in [-0.2, 0) is 12.3 Å². The normalized spacial score (nSPS) is 11.2. The standard InChI is InChI=1S/C25H25NS/c1-18-7-6-8-21(13-18)17-27-25-16-26(24-10-5-4-9-23(24)25)15-22-14-19(2)11-12-20(22)3/h4-14,16H,15,17H2,1-3H3. The summed E-state index contributed by atoms with van der Waals surface area (Å²) >= 11 is 1.93. The average molecular weight is 372 g/mol. The number of rotatable bonds is 5. The van der Waals surface area contributed by atoms with E-state index in [-0.39, 0.29) is 0 Å². The number of nitrogens with zero attached hydrogens (tertiary/aromatic N) is 1. The first-order chi connectivity index (χ1) is 13.1. The number of hydrogen-bond donors (Lipinski definition) is 0. The van der Waals surface area contributed by atoms with E-state index in [9.17, 15) is 0 Å². The van der Waals surface area contributed by atoms with Crippen molar-refractivity contribution in [2.45, 2.75) is 38.0 Å². The zero-order valence-electron chi connectivity index (χ0n) is 16.2. The minimum absolute atomic E-state index is 0.916. The van der Waals surface area contributed by atoms with Gasteiger partial charge in [0.05, 0.1) is 0 Å². The fourth-order valence-electron chi connectivity index (χ4n) is 3.58. The van der Waals surface area contributed by atoms with Crippen LogP contribution in [0.4, 0.5) is 0 Å². The van der Waals surface area contributed by atoms with Gasteiger partial charge < -0.3 is 4.57 Å². The molecule has 0 atom stereocenters. The van der Waals surface area contributed by atoms with Gasteiger partial charge in [-0.15, -0.1) is 11.8 Å². The van der Waals surface area contributed by atoms with Gasteiger partial charge in [-0.25, -0.2) is 0 Å². The molecule has 0 N–H and O–H groups in total.